The molecule has 6 heteroatoms. The molecule has 0 aliphatic carbocycles. The number of ether oxygens (including phenoxy) is 1. The Morgan fingerprint density at radius 1 is 1.32 bits per heavy atom. The van der Waals surface area contributed by atoms with Crippen LogP contribution in [-0.2, 0) is 9.53 Å². The van der Waals surface area contributed by atoms with Gasteiger partial charge in [0, 0.05) is 10.9 Å². The average molecular weight is 343 g/mol. The highest BCUT2D eigenvalue weighted by Gasteiger charge is 2.22. The minimum absolute atomic E-state index is 0.110. The smallest absolute Gasteiger partial charge is 0.356 e. The molecule has 25 heavy (non-hydrogen) atoms. The molecule has 1 aliphatic heterocycles. The Balaban J connectivity index is 1.81. The molecule has 0 bridgehead atoms. The highest BCUT2D eigenvalue weighted by atomic mass is 16.5. The number of nitrogens with zero attached hydrogens (tertiary/aromatic N) is 1. The van der Waals surface area contributed by atoms with Crippen molar-refractivity contribution in [1.82, 2.24) is 9.88 Å². The van der Waals surface area contributed by atoms with Gasteiger partial charge in [-0.05, 0) is 50.4 Å². The number of piperidine rings is 1. The number of carbonyl (C=O) groups is 2. The molecule has 1 aliphatic rings. The van der Waals surface area contributed by atoms with Crippen molar-refractivity contribution in [1.29, 1.82) is 0 Å². The third-order valence-electron chi connectivity index (χ3n) is 4.85. The Morgan fingerprint density at radius 2 is 2.04 bits per heavy atom. The van der Waals surface area contributed by atoms with Crippen LogP contribution in [0.5, 0.6) is 0 Å². The van der Waals surface area contributed by atoms with Crippen molar-refractivity contribution < 1.29 is 14.3 Å². The van der Waals surface area contributed by atoms with Crippen molar-refractivity contribution in [2.24, 2.45) is 5.92 Å². The molecule has 6 nitrogen and oxygen atoms in total. The van der Waals surface area contributed by atoms with Gasteiger partial charge in [-0.25, -0.2) is 4.79 Å². The third kappa shape index (κ3) is 3.85. The van der Waals surface area contributed by atoms with E-state index in [1.165, 1.54) is 7.11 Å². The number of amides is 1. The van der Waals surface area contributed by atoms with E-state index < -0.39 is 5.97 Å². The lowest BCUT2D eigenvalue weighted by molar-refractivity contribution is -0.117. The fourth-order valence-electron chi connectivity index (χ4n) is 3.30. The quantitative estimate of drug-likeness (QED) is 0.837. The van der Waals surface area contributed by atoms with Crippen LogP contribution < -0.4 is 5.32 Å². The number of H-pyrrole nitrogens is 1. The summed E-state index contributed by atoms with van der Waals surface area (Å²) in [6.07, 6.45) is 2.24. The first kappa shape index (κ1) is 17.5. The van der Waals surface area contributed by atoms with Gasteiger partial charge in [0.05, 0.1) is 19.3 Å². The lowest BCUT2D eigenvalue weighted by Gasteiger charge is -2.29. The molecule has 0 radical (unpaired) electrons. The number of hydrogen-bond donors (Lipinski definition) is 2. The number of methoxy groups -OCH3 is 1. The number of esters is 1. The number of aryl methyl sites for hydroxylation is 1. The van der Waals surface area contributed by atoms with Crippen LogP contribution in [0.15, 0.2) is 18.2 Å². The van der Waals surface area contributed by atoms with Crippen molar-refractivity contribution >= 4 is 28.5 Å². The molecule has 1 amide bonds. The van der Waals surface area contributed by atoms with Gasteiger partial charge >= 0.3 is 5.97 Å². The molecule has 134 valence electrons. The van der Waals surface area contributed by atoms with E-state index in [1.54, 1.807) is 0 Å². The molecule has 1 saturated heterocycles. The van der Waals surface area contributed by atoms with Crippen LogP contribution in [0, 0.1) is 12.8 Å². The molecule has 0 unspecified atom stereocenters. The van der Waals surface area contributed by atoms with E-state index in [1.807, 2.05) is 25.1 Å². The summed E-state index contributed by atoms with van der Waals surface area (Å²) >= 11 is 0. The molecule has 0 spiro atoms. The van der Waals surface area contributed by atoms with Crippen LogP contribution >= 0.6 is 0 Å². The molecular formula is C19H25N3O3. The monoisotopic (exact) mass is 343 g/mol. The normalized spacial score (nSPS) is 16.1. The number of benzene rings is 1. The van der Waals surface area contributed by atoms with Crippen LogP contribution in [0.1, 0.15) is 35.8 Å². The van der Waals surface area contributed by atoms with Crippen LogP contribution in [0.25, 0.3) is 10.9 Å². The minimum atomic E-state index is -0.490. The van der Waals surface area contributed by atoms with Gasteiger partial charge in [0.15, 0.2) is 0 Å². The number of anilines is 1. The molecule has 2 aromatic rings. The number of aromatic amines is 1. The summed E-state index contributed by atoms with van der Waals surface area (Å²) in [5.74, 6) is 0.124. The first-order valence-corrected chi connectivity index (χ1v) is 8.70. The zero-order valence-corrected chi connectivity index (χ0v) is 15.0. The SMILES string of the molecule is COC(=O)c1[nH]c2cc(C)ccc2c1NC(=O)CN1CCC(C)CC1. The molecule has 1 fully saturated rings. The maximum Gasteiger partial charge on any atom is 0.356 e. The van der Waals surface area contributed by atoms with Crippen molar-refractivity contribution in [3.8, 4) is 0 Å². The number of hydrogen-bond acceptors (Lipinski definition) is 4. The van der Waals surface area contributed by atoms with Crippen molar-refractivity contribution in [2.45, 2.75) is 26.7 Å². The molecule has 2 heterocycles. The first-order valence-electron chi connectivity index (χ1n) is 8.70. The van der Waals surface area contributed by atoms with Crippen LogP contribution in [0.4, 0.5) is 5.69 Å². The number of rotatable bonds is 4. The topological polar surface area (TPSA) is 74.4 Å². The zero-order chi connectivity index (χ0) is 18.0. The van der Waals surface area contributed by atoms with Gasteiger partial charge in [0.25, 0.3) is 0 Å². The second-order valence-corrected chi connectivity index (χ2v) is 6.92. The molecule has 2 N–H and O–H groups in total. The maximum absolute atomic E-state index is 12.5. The Hall–Kier alpha value is -2.34. The highest BCUT2D eigenvalue weighted by Crippen LogP contribution is 2.29. The average Bonchev–Trinajstić information content (AvgIpc) is 2.93. The van der Waals surface area contributed by atoms with Crippen LogP contribution in [0.2, 0.25) is 0 Å². The second kappa shape index (κ2) is 7.27. The largest absolute Gasteiger partial charge is 0.464 e. The summed E-state index contributed by atoms with van der Waals surface area (Å²) in [6, 6.07) is 5.81. The fraction of sp³-hybridized carbons (Fsp3) is 0.474. The number of aromatic nitrogens is 1. The first-order chi connectivity index (χ1) is 12.0. The number of nitrogens with one attached hydrogen (secondary N) is 2. The Morgan fingerprint density at radius 3 is 2.72 bits per heavy atom. The van der Waals surface area contributed by atoms with Crippen molar-refractivity contribution in [2.75, 3.05) is 32.1 Å². The van der Waals surface area contributed by atoms with E-state index in [4.69, 9.17) is 4.74 Å². The lowest BCUT2D eigenvalue weighted by Crippen LogP contribution is -2.38. The summed E-state index contributed by atoms with van der Waals surface area (Å²) in [7, 11) is 1.33. The molecule has 0 saturated carbocycles. The van der Waals surface area contributed by atoms with E-state index in [0.717, 1.165) is 48.3 Å². The summed E-state index contributed by atoms with van der Waals surface area (Å²) in [4.78, 5) is 29.8. The summed E-state index contributed by atoms with van der Waals surface area (Å²) in [5.41, 5.74) is 2.66. The van der Waals surface area contributed by atoms with Crippen LogP contribution in [0.3, 0.4) is 0 Å². The zero-order valence-electron chi connectivity index (χ0n) is 15.0. The lowest BCUT2D eigenvalue weighted by atomic mass is 9.99. The van der Waals surface area contributed by atoms with Crippen LogP contribution in [-0.4, -0.2) is 48.5 Å². The molecule has 0 atom stereocenters. The van der Waals surface area contributed by atoms with Crippen molar-refractivity contribution in [3.63, 3.8) is 0 Å². The molecule has 1 aromatic carbocycles. The Labute approximate surface area is 147 Å². The maximum atomic E-state index is 12.5. The predicted octanol–water partition coefficient (Wildman–Crippen LogP) is 2.93. The number of likely N-dealkylation sites (tertiary alicyclic amines) is 1. The van der Waals surface area contributed by atoms with E-state index in [-0.39, 0.29) is 11.6 Å². The Kier molecular flexibility index (Phi) is 5.08. The highest BCUT2D eigenvalue weighted by molar-refractivity contribution is 6.11. The van der Waals surface area contributed by atoms with Gasteiger partial charge in [-0.1, -0.05) is 19.1 Å². The summed E-state index contributed by atoms with van der Waals surface area (Å²) in [5, 5.41) is 3.73. The second-order valence-electron chi connectivity index (χ2n) is 6.92. The molecule has 1 aromatic heterocycles. The molecule has 3 rings (SSSR count). The van der Waals surface area contributed by atoms with Gasteiger partial charge < -0.3 is 15.0 Å². The standard InChI is InChI=1S/C19H25N3O3/c1-12-6-8-22(9-7-12)11-16(23)21-17-14-5-4-13(2)10-15(14)20-18(17)19(24)25-3/h4-5,10,12,20H,6-9,11H2,1-3H3,(H,21,23). The fourth-order valence-corrected chi connectivity index (χ4v) is 3.30. The van der Waals surface area contributed by atoms with Gasteiger partial charge in [0.2, 0.25) is 5.91 Å². The van der Waals surface area contributed by atoms with Gasteiger partial charge in [-0.2, -0.15) is 0 Å². The minimum Gasteiger partial charge on any atom is -0.464 e. The van der Waals surface area contributed by atoms with E-state index in [0.29, 0.717) is 12.2 Å². The van der Waals surface area contributed by atoms with Gasteiger partial charge in [-0.3, -0.25) is 9.69 Å². The van der Waals surface area contributed by atoms with E-state index >= 15 is 0 Å². The summed E-state index contributed by atoms with van der Waals surface area (Å²) < 4.78 is 4.85. The number of fused-ring (bicyclic) bond motifs is 1. The van der Waals surface area contributed by atoms with E-state index in [9.17, 15) is 9.59 Å². The van der Waals surface area contributed by atoms with E-state index in [2.05, 4.69) is 22.1 Å². The van der Waals surface area contributed by atoms with Gasteiger partial charge in [-0.15, -0.1) is 0 Å². The molecular weight excluding hydrogens is 318 g/mol. The predicted molar refractivity (Wildman–Crippen MR) is 97.8 cm³/mol. The van der Waals surface area contributed by atoms with Crippen molar-refractivity contribution in [3.05, 3.63) is 29.5 Å². The third-order valence-corrected chi connectivity index (χ3v) is 4.85. The Bertz CT molecular complexity index is 789. The number of carbonyl (C=O) groups excluding carboxylic acids is 2. The van der Waals surface area contributed by atoms with Gasteiger partial charge in [0.1, 0.15) is 5.69 Å². The summed E-state index contributed by atoms with van der Waals surface area (Å²) in [6.45, 7) is 6.44.